The van der Waals surface area contributed by atoms with Crippen LogP contribution in [-0.4, -0.2) is 39.5 Å². The molecule has 4 nitrogen and oxygen atoms in total. The lowest BCUT2D eigenvalue weighted by Crippen LogP contribution is -2.45. The zero-order valence-corrected chi connectivity index (χ0v) is 10.1. The maximum Gasteiger partial charge on any atom is 0.376 e. The van der Waals surface area contributed by atoms with E-state index in [0.29, 0.717) is 5.92 Å². The number of aromatic nitrogens is 2. The van der Waals surface area contributed by atoms with Gasteiger partial charge in [0.15, 0.2) is 0 Å². The molecule has 0 aliphatic carbocycles. The first-order chi connectivity index (χ1) is 7.66. The van der Waals surface area contributed by atoms with Gasteiger partial charge in [-0.2, -0.15) is 0 Å². The third-order valence-electron chi connectivity index (χ3n) is 3.46. The van der Waals surface area contributed by atoms with E-state index in [0.717, 1.165) is 25.5 Å². The van der Waals surface area contributed by atoms with E-state index >= 15 is 0 Å². The van der Waals surface area contributed by atoms with E-state index in [1.165, 1.54) is 12.8 Å². The van der Waals surface area contributed by atoms with Crippen molar-refractivity contribution in [2.45, 2.75) is 33.1 Å². The molecule has 1 aromatic rings. The van der Waals surface area contributed by atoms with Crippen LogP contribution in [0.3, 0.4) is 0 Å². The first-order valence-corrected chi connectivity index (χ1v) is 6.06. The second kappa shape index (κ2) is 5.02. The van der Waals surface area contributed by atoms with Crippen LogP contribution < -0.4 is 0 Å². The SMILES string of the molecule is CB(O)N1CCC[C@H](Cn2ccnc2C)C1. The van der Waals surface area contributed by atoms with Crippen LogP contribution >= 0.6 is 0 Å². The second-order valence-electron chi connectivity index (χ2n) is 4.76. The zero-order valence-electron chi connectivity index (χ0n) is 10.1. The molecule has 2 rings (SSSR count). The molecule has 0 bridgehead atoms. The van der Waals surface area contributed by atoms with Crippen molar-refractivity contribution in [1.82, 2.24) is 14.4 Å². The first-order valence-electron chi connectivity index (χ1n) is 6.06. The van der Waals surface area contributed by atoms with Gasteiger partial charge in [0, 0.05) is 18.9 Å². The van der Waals surface area contributed by atoms with Crippen molar-refractivity contribution < 1.29 is 5.02 Å². The Hall–Kier alpha value is -0.805. The predicted octanol–water partition coefficient (Wildman–Crippen LogP) is 1.01. The maximum absolute atomic E-state index is 9.58. The van der Waals surface area contributed by atoms with Gasteiger partial charge in [-0.15, -0.1) is 0 Å². The van der Waals surface area contributed by atoms with Crippen molar-refractivity contribution in [1.29, 1.82) is 0 Å². The van der Waals surface area contributed by atoms with Gasteiger partial charge in [-0.25, -0.2) is 4.98 Å². The van der Waals surface area contributed by atoms with E-state index in [1.807, 2.05) is 26.1 Å². The molecule has 0 spiro atoms. The lowest BCUT2D eigenvalue weighted by atomic mass is 9.80. The fourth-order valence-corrected chi connectivity index (χ4v) is 2.46. The molecule has 0 amide bonds. The molecule has 2 heterocycles. The van der Waals surface area contributed by atoms with Crippen LogP contribution in [0.25, 0.3) is 0 Å². The van der Waals surface area contributed by atoms with Gasteiger partial charge in [-0.3, -0.25) is 0 Å². The molecule has 1 aromatic heterocycles. The van der Waals surface area contributed by atoms with Crippen molar-refractivity contribution in [3.05, 3.63) is 18.2 Å². The fraction of sp³-hybridized carbons (Fsp3) is 0.727. The molecule has 88 valence electrons. The van der Waals surface area contributed by atoms with Crippen molar-refractivity contribution >= 4 is 7.05 Å². The number of imidazole rings is 1. The minimum atomic E-state index is -0.313. The van der Waals surface area contributed by atoms with Crippen LogP contribution in [-0.2, 0) is 6.54 Å². The molecule has 1 saturated heterocycles. The third-order valence-corrected chi connectivity index (χ3v) is 3.46. The van der Waals surface area contributed by atoms with Crippen molar-refractivity contribution in [2.75, 3.05) is 13.1 Å². The number of hydrogen-bond acceptors (Lipinski definition) is 3. The Bertz CT molecular complexity index is 340. The lowest BCUT2D eigenvalue weighted by molar-refractivity contribution is 0.224. The van der Waals surface area contributed by atoms with Crippen LogP contribution in [0.4, 0.5) is 0 Å². The average Bonchev–Trinajstić information content (AvgIpc) is 2.65. The first kappa shape index (κ1) is 11.7. The second-order valence-corrected chi connectivity index (χ2v) is 4.76. The maximum atomic E-state index is 9.58. The summed E-state index contributed by atoms with van der Waals surface area (Å²) < 4.78 is 2.20. The summed E-state index contributed by atoms with van der Waals surface area (Å²) in [6.07, 6.45) is 6.32. The van der Waals surface area contributed by atoms with Crippen LogP contribution in [0.15, 0.2) is 12.4 Å². The summed E-state index contributed by atoms with van der Waals surface area (Å²) in [5, 5.41) is 9.58. The molecule has 1 aliphatic rings. The van der Waals surface area contributed by atoms with E-state index in [4.69, 9.17) is 0 Å². The molecule has 5 heteroatoms. The Morgan fingerprint density at radius 2 is 2.44 bits per heavy atom. The largest absolute Gasteiger partial charge is 0.437 e. The van der Waals surface area contributed by atoms with Gasteiger partial charge in [0.2, 0.25) is 0 Å². The van der Waals surface area contributed by atoms with Crippen LogP contribution in [0.2, 0.25) is 6.82 Å². The quantitative estimate of drug-likeness (QED) is 0.774. The molecular formula is C11H20BN3O. The van der Waals surface area contributed by atoms with Gasteiger partial charge in [0.1, 0.15) is 5.82 Å². The predicted molar refractivity (Wildman–Crippen MR) is 65.1 cm³/mol. The van der Waals surface area contributed by atoms with E-state index in [1.54, 1.807) is 0 Å². The molecule has 0 aromatic carbocycles. The Morgan fingerprint density at radius 1 is 1.62 bits per heavy atom. The normalized spacial score (nSPS) is 22.3. The Kier molecular flexibility index (Phi) is 3.66. The highest BCUT2D eigenvalue weighted by Crippen LogP contribution is 2.19. The number of hydrogen-bond donors (Lipinski definition) is 1. The molecule has 0 unspecified atom stereocenters. The standard InChI is InChI=1S/C11H20BN3O/c1-10-13-5-7-14(10)8-11-4-3-6-15(9-11)12(2)16/h5,7,11,16H,3-4,6,8-9H2,1-2H3/t11-/m1/s1. The molecule has 1 aliphatic heterocycles. The number of aryl methyl sites for hydroxylation is 1. The summed E-state index contributed by atoms with van der Waals surface area (Å²) in [5.74, 6) is 1.71. The number of piperidine rings is 1. The van der Waals surface area contributed by atoms with Gasteiger partial charge < -0.3 is 14.4 Å². The van der Waals surface area contributed by atoms with Crippen molar-refractivity contribution in [3.63, 3.8) is 0 Å². The minimum Gasteiger partial charge on any atom is -0.437 e. The van der Waals surface area contributed by atoms with Crippen LogP contribution in [0, 0.1) is 12.8 Å². The highest BCUT2D eigenvalue weighted by atomic mass is 16.2. The molecule has 1 atom stereocenters. The Balaban J connectivity index is 1.93. The molecule has 1 fully saturated rings. The van der Waals surface area contributed by atoms with E-state index in [-0.39, 0.29) is 7.05 Å². The van der Waals surface area contributed by atoms with Gasteiger partial charge in [-0.05, 0) is 45.6 Å². The molecule has 0 radical (unpaired) electrons. The van der Waals surface area contributed by atoms with Gasteiger partial charge in [-0.1, -0.05) is 0 Å². The van der Waals surface area contributed by atoms with Gasteiger partial charge in [0.05, 0.1) is 0 Å². The topological polar surface area (TPSA) is 41.3 Å². The molecular weight excluding hydrogens is 201 g/mol. The minimum absolute atomic E-state index is 0.313. The monoisotopic (exact) mass is 221 g/mol. The Labute approximate surface area is 97.4 Å². The Morgan fingerprint density at radius 3 is 3.06 bits per heavy atom. The lowest BCUT2D eigenvalue weighted by Gasteiger charge is -2.33. The molecule has 16 heavy (non-hydrogen) atoms. The summed E-state index contributed by atoms with van der Waals surface area (Å²) in [6.45, 7) is 6.93. The molecule has 0 saturated carbocycles. The molecule has 1 N–H and O–H groups in total. The van der Waals surface area contributed by atoms with Gasteiger partial charge >= 0.3 is 7.05 Å². The van der Waals surface area contributed by atoms with Crippen molar-refractivity contribution in [3.8, 4) is 0 Å². The summed E-state index contributed by atoms with van der Waals surface area (Å²) in [4.78, 5) is 6.39. The van der Waals surface area contributed by atoms with Gasteiger partial charge in [0.25, 0.3) is 0 Å². The third kappa shape index (κ3) is 2.65. The van der Waals surface area contributed by atoms with Crippen molar-refractivity contribution in [2.24, 2.45) is 5.92 Å². The van der Waals surface area contributed by atoms with E-state index < -0.39 is 0 Å². The van der Waals surface area contributed by atoms with Crippen LogP contribution in [0.1, 0.15) is 18.7 Å². The number of rotatable bonds is 3. The van der Waals surface area contributed by atoms with E-state index in [2.05, 4.69) is 14.4 Å². The summed E-state index contributed by atoms with van der Waals surface area (Å²) >= 11 is 0. The zero-order chi connectivity index (χ0) is 11.5. The summed E-state index contributed by atoms with van der Waals surface area (Å²) in [6, 6.07) is 0. The van der Waals surface area contributed by atoms with Crippen LogP contribution in [0.5, 0.6) is 0 Å². The summed E-state index contributed by atoms with van der Waals surface area (Å²) in [5.41, 5.74) is 0. The smallest absolute Gasteiger partial charge is 0.376 e. The highest BCUT2D eigenvalue weighted by Gasteiger charge is 2.25. The highest BCUT2D eigenvalue weighted by molar-refractivity contribution is 6.45. The number of nitrogens with zero attached hydrogens (tertiary/aromatic N) is 3. The fourth-order valence-electron chi connectivity index (χ4n) is 2.46. The average molecular weight is 221 g/mol. The van der Waals surface area contributed by atoms with E-state index in [9.17, 15) is 5.02 Å². The summed E-state index contributed by atoms with van der Waals surface area (Å²) in [7, 11) is -0.313.